The lowest BCUT2D eigenvalue weighted by Crippen LogP contribution is -2.17. The molecule has 2 N–H and O–H groups in total. The molecule has 3 heterocycles. The van der Waals surface area contributed by atoms with Crippen molar-refractivity contribution >= 4 is 21.8 Å². The SMILES string of the molecule is COc1ccccc1Oc1c(NS(=O)(=O)c2ccc(C)cn2)nc(-c2ccnc(C(=O)O)c2)nc1OC. The number of carboxylic acids is 1. The zero-order valence-electron chi connectivity index (χ0n) is 19.9. The van der Waals surface area contributed by atoms with E-state index in [1.165, 1.54) is 44.8 Å². The van der Waals surface area contributed by atoms with Crippen LogP contribution in [0.25, 0.3) is 11.4 Å². The Morgan fingerprint density at radius 2 is 1.73 bits per heavy atom. The first-order chi connectivity index (χ1) is 17.7. The van der Waals surface area contributed by atoms with E-state index in [-0.39, 0.29) is 45.3 Å². The van der Waals surface area contributed by atoms with Crippen LogP contribution >= 0.6 is 0 Å². The summed E-state index contributed by atoms with van der Waals surface area (Å²) in [7, 11) is -1.46. The molecule has 0 aliphatic carbocycles. The van der Waals surface area contributed by atoms with Gasteiger partial charge in [-0.05, 0) is 42.8 Å². The molecule has 0 unspecified atom stereocenters. The number of nitrogens with one attached hydrogen (secondary N) is 1. The molecule has 4 aromatic rings. The van der Waals surface area contributed by atoms with Crippen molar-refractivity contribution in [3.05, 3.63) is 72.2 Å². The first-order valence-electron chi connectivity index (χ1n) is 10.6. The highest BCUT2D eigenvalue weighted by Gasteiger charge is 2.26. The summed E-state index contributed by atoms with van der Waals surface area (Å²) in [6.07, 6.45) is 2.69. The van der Waals surface area contributed by atoms with Gasteiger partial charge in [-0.2, -0.15) is 13.4 Å². The molecule has 0 amide bonds. The van der Waals surface area contributed by atoms with Crippen LogP contribution in [0.15, 0.2) is 66.0 Å². The highest BCUT2D eigenvalue weighted by atomic mass is 32.2. The van der Waals surface area contributed by atoms with Gasteiger partial charge in [-0.3, -0.25) is 4.72 Å². The number of para-hydroxylation sites is 2. The number of pyridine rings is 2. The van der Waals surface area contributed by atoms with E-state index in [9.17, 15) is 18.3 Å². The smallest absolute Gasteiger partial charge is 0.354 e. The number of carbonyl (C=O) groups is 1. The fourth-order valence-corrected chi connectivity index (χ4v) is 4.09. The molecule has 0 saturated heterocycles. The average molecular weight is 524 g/mol. The first kappa shape index (κ1) is 25.3. The minimum atomic E-state index is -4.23. The minimum absolute atomic E-state index is 0.0382. The molecule has 13 heteroatoms. The molecule has 190 valence electrons. The van der Waals surface area contributed by atoms with Crippen molar-refractivity contribution in [2.24, 2.45) is 0 Å². The van der Waals surface area contributed by atoms with Crippen LogP contribution < -0.4 is 18.9 Å². The highest BCUT2D eigenvalue weighted by Crippen LogP contribution is 2.41. The molecule has 37 heavy (non-hydrogen) atoms. The monoisotopic (exact) mass is 523 g/mol. The van der Waals surface area contributed by atoms with E-state index in [2.05, 4.69) is 24.7 Å². The second-order valence-electron chi connectivity index (χ2n) is 7.50. The van der Waals surface area contributed by atoms with Crippen molar-refractivity contribution in [1.29, 1.82) is 0 Å². The average Bonchev–Trinajstić information content (AvgIpc) is 2.90. The summed E-state index contributed by atoms with van der Waals surface area (Å²) < 4.78 is 45.5. The molecule has 12 nitrogen and oxygen atoms in total. The van der Waals surface area contributed by atoms with Gasteiger partial charge < -0.3 is 19.3 Å². The van der Waals surface area contributed by atoms with Crippen LogP contribution in [-0.2, 0) is 10.0 Å². The number of anilines is 1. The highest BCUT2D eigenvalue weighted by molar-refractivity contribution is 7.92. The van der Waals surface area contributed by atoms with Crippen molar-refractivity contribution in [1.82, 2.24) is 19.9 Å². The third-order valence-corrected chi connectivity index (χ3v) is 6.19. The number of ether oxygens (including phenoxy) is 3. The molecule has 0 spiro atoms. The molecular formula is C24H21N5O7S. The maximum absolute atomic E-state index is 13.2. The Bertz CT molecular complexity index is 1560. The number of aromatic nitrogens is 4. The predicted octanol–water partition coefficient (Wildman–Crippen LogP) is 3.55. The molecule has 3 aromatic heterocycles. The van der Waals surface area contributed by atoms with E-state index in [4.69, 9.17) is 14.2 Å². The zero-order chi connectivity index (χ0) is 26.6. The lowest BCUT2D eigenvalue weighted by atomic mass is 10.2. The van der Waals surface area contributed by atoms with Crippen LogP contribution in [0, 0.1) is 6.92 Å². The van der Waals surface area contributed by atoms with Crippen molar-refractivity contribution < 1.29 is 32.5 Å². The number of benzene rings is 1. The number of sulfonamides is 1. The van der Waals surface area contributed by atoms with Crippen molar-refractivity contribution in [2.75, 3.05) is 18.9 Å². The van der Waals surface area contributed by atoms with Crippen LogP contribution in [0.3, 0.4) is 0 Å². The summed E-state index contributed by atoms with van der Waals surface area (Å²) in [5, 5.41) is 9.06. The fourth-order valence-electron chi connectivity index (χ4n) is 3.15. The Balaban J connectivity index is 1.89. The second kappa shape index (κ2) is 10.5. The lowest BCUT2D eigenvalue weighted by molar-refractivity contribution is 0.0690. The molecule has 1 aromatic carbocycles. The zero-order valence-corrected chi connectivity index (χ0v) is 20.7. The van der Waals surface area contributed by atoms with Gasteiger partial charge in [0.2, 0.25) is 5.75 Å². The Morgan fingerprint density at radius 3 is 2.38 bits per heavy atom. The third-order valence-electron chi connectivity index (χ3n) is 4.94. The molecule has 4 rings (SSSR count). The Kier molecular flexibility index (Phi) is 7.15. The van der Waals surface area contributed by atoms with Gasteiger partial charge in [0.05, 0.1) is 14.2 Å². The quantitative estimate of drug-likeness (QED) is 0.330. The van der Waals surface area contributed by atoms with Crippen LogP contribution in [0.4, 0.5) is 5.82 Å². The molecular weight excluding hydrogens is 502 g/mol. The number of aromatic carboxylic acids is 1. The second-order valence-corrected chi connectivity index (χ2v) is 9.13. The molecule has 0 fully saturated rings. The van der Waals surface area contributed by atoms with Gasteiger partial charge in [0.25, 0.3) is 15.9 Å². The number of nitrogens with zero attached hydrogens (tertiary/aromatic N) is 4. The Labute approximate surface area is 212 Å². The predicted molar refractivity (Wildman–Crippen MR) is 132 cm³/mol. The van der Waals surface area contributed by atoms with Gasteiger partial charge in [0.15, 0.2) is 28.2 Å². The standard InChI is InChI=1S/C24H21N5O7S/c1-14-8-9-19(26-13-14)37(32,33)29-22-20(36-18-7-5-4-6-17(18)34-2)23(35-3)28-21(27-22)15-10-11-25-16(12-15)24(30)31/h4-13H,1-3H3,(H,30,31)(H,27,28,29). The summed E-state index contributed by atoms with van der Waals surface area (Å²) in [6.45, 7) is 1.78. The van der Waals surface area contributed by atoms with Gasteiger partial charge in [-0.25, -0.2) is 19.7 Å². The van der Waals surface area contributed by atoms with E-state index >= 15 is 0 Å². The molecule has 0 radical (unpaired) electrons. The van der Waals surface area contributed by atoms with E-state index in [1.54, 1.807) is 37.3 Å². The van der Waals surface area contributed by atoms with E-state index in [0.717, 1.165) is 5.56 Å². The number of hydrogen-bond acceptors (Lipinski definition) is 10. The number of rotatable bonds is 9. The number of carboxylic acid groups (broad SMARTS) is 1. The van der Waals surface area contributed by atoms with Crippen LogP contribution in [0.2, 0.25) is 0 Å². The summed E-state index contributed by atoms with van der Waals surface area (Å²) in [5.74, 6) is -1.24. The number of aryl methyl sites for hydroxylation is 1. The lowest BCUT2D eigenvalue weighted by Gasteiger charge is -2.17. The van der Waals surface area contributed by atoms with Gasteiger partial charge in [-0.15, -0.1) is 0 Å². The van der Waals surface area contributed by atoms with Crippen molar-refractivity contribution in [3.63, 3.8) is 0 Å². The maximum Gasteiger partial charge on any atom is 0.354 e. The maximum atomic E-state index is 13.2. The van der Waals surface area contributed by atoms with Gasteiger partial charge in [-0.1, -0.05) is 18.2 Å². The normalized spacial score (nSPS) is 11.0. The van der Waals surface area contributed by atoms with E-state index < -0.39 is 16.0 Å². The molecule has 0 saturated carbocycles. The fraction of sp³-hybridized carbons (Fsp3) is 0.125. The van der Waals surface area contributed by atoms with Crippen LogP contribution in [0.1, 0.15) is 16.1 Å². The summed E-state index contributed by atoms with van der Waals surface area (Å²) in [4.78, 5) is 27.8. The van der Waals surface area contributed by atoms with E-state index in [1.807, 2.05) is 0 Å². The Morgan fingerprint density at radius 1 is 0.973 bits per heavy atom. The topological polar surface area (TPSA) is 163 Å². The molecule has 0 aliphatic heterocycles. The van der Waals surface area contributed by atoms with Gasteiger partial charge in [0, 0.05) is 18.0 Å². The largest absolute Gasteiger partial charge is 0.493 e. The number of methoxy groups -OCH3 is 2. The summed E-state index contributed by atoms with van der Waals surface area (Å²) in [6, 6.07) is 12.4. The number of hydrogen-bond donors (Lipinski definition) is 2. The Hall–Kier alpha value is -4.78. The minimum Gasteiger partial charge on any atom is -0.493 e. The summed E-state index contributed by atoms with van der Waals surface area (Å²) >= 11 is 0. The van der Waals surface area contributed by atoms with Crippen molar-refractivity contribution in [3.8, 4) is 34.5 Å². The van der Waals surface area contributed by atoms with Crippen molar-refractivity contribution in [2.45, 2.75) is 11.9 Å². The molecule has 0 bridgehead atoms. The van der Waals surface area contributed by atoms with Gasteiger partial charge in [0.1, 0.15) is 5.69 Å². The van der Waals surface area contributed by atoms with E-state index in [0.29, 0.717) is 5.75 Å². The van der Waals surface area contributed by atoms with Crippen LogP contribution in [-0.4, -0.2) is 53.6 Å². The third kappa shape index (κ3) is 5.56. The summed E-state index contributed by atoms with van der Waals surface area (Å²) in [5.41, 5.74) is 0.779. The molecule has 0 atom stereocenters. The first-order valence-corrected chi connectivity index (χ1v) is 12.1. The molecule has 0 aliphatic rings. The van der Waals surface area contributed by atoms with Crippen LogP contribution in [0.5, 0.6) is 23.1 Å². The van der Waals surface area contributed by atoms with Gasteiger partial charge >= 0.3 is 5.97 Å².